The molecule has 6 nitrogen and oxygen atoms in total. The van der Waals surface area contributed by atoms with Crippen LogP contribution in [0.5, 0.6) is 0 Å². The maximum absolute atomic E-state index is 12.5. The molecule has 0 unspecified atom stereocenters. The van der Waals surface area contributed by atoms with Crippen molar-refractivity contribution in [2.45, 2.75) is 23.9 Å². The first kappa shape index (κ1) is 16.6. The Hall–Kier alpha value is -1.86. The Balaban J connectivity index is 1.48. The molecule has 2 heterocycles. The predicted molar refractivity (Wildman–Crippen MR) is 97.3 cm³/mol. The summed E-state index contributed by atoms with van der Waals surface area (Å²) in [5, 5.41) is 9.62. The number of carbonyl (C=O) groups excluding carboxylic acids is 1. The van der Waals surface area contributed by atoms with Crippen LogP contribution in [0, 0.1) is 0 Å². The van der Waals surface area contributed by atoms with E-state index in [9.17, 15) is 4.79 Å². The first-order valence-corrected chi connectivity index (χ1v) is 9.93. The van der Waals surface area contributed by atoms with Gasteiger partial charge in [0.2, 0.25) is 5.91 Å². The van der Waals surface area contributed by atoms with E-state index in [-0.39, 0.29) is 5.91 Å². The Labute approximate surface area is 152 Å². The van der Waals surface area contributed by atoms with Gasteiger partial charge in [-0.3, -0.25) is 9.36 Å². The number of piperazine rings is 1. The summed E-state index contributed by atoms with van der Waals surface area (Å²) in [6, 6.07) is 10.2. The minimum atomic E-state index is 0.202. The van der Waals surface area contributed by atoms with Gasteiger partial charge < -0.3 is 9.80 Å². The summed E-state index contributed by atoms with van der Waals surface area (Å²) in [6.45, 7) is 3.76. The molecular formula is C18H24N5OS+. The first-order valence-electron chi connectivity index (χ1n) is 8.95. The zero-order valence-corrected chi connectivity index (χ0v) is 15.3. The number of nitrogens with zero attached hydrogens (tertiary/aromatic N) is 4. The largest absolute Gasteiger partial charge is 0.334 e. The fraction of sp³-hybridized carbons (Fsp3) is 0.500. The standard InChI is InChI=1S/C18H23N5OS/c1-21-9-11-22(12-10-21)16(24)13-25-18-20-19-17(14-7-8-14)23(18)15-5-3-2-4-6-15/h2-6,14H,7-13H2,1H3/p+1. The van der Waals surface area contributed by atoms with Crippen molar-refractivity contribution in [1.82, 2.24) is 19.7 Å². The maximum Gasteiger partial charge on any atom is 0.233 e. The second kappa shape index (κ2) is 7.17. The highest BCUT2D eigenvalue weighted by molar-refractivity contribution is 7.99. The van der Waals surface area contributed by atoms with Gasteiger partial charge in [0.25, 0.3) is 0 Å². The van der Waals surface area contributed by atoms with Crippen LogP contribution < -0.4 is 4.90 Å². The Morgan fingerprint density at radius 3 is 2.60 bits per heavy atom. The second-order valence-corrected chi connectivity index (χ2v) is 7.86. The number of carbonyl (C=O) groups is 1. The summed E-state index contributed by atoms with van der Waals surface area (Å²) in [7, 11) is 2.18. The Morgan fingerprint density at radius 2 is 1.92 bits per heavy atom. The molecule has 2 aliphatic rings. The number of rotatable bonds is 5. The fourth-order valence-corrected chi connectivity index (χ4v) is 4.02. The lowest BCUT2D eigenvalue weighted by Gasteiger charge is -2.29. The van der Waals surface area contributed by atoms with Gasteiger partial charge in [0.1, 0.15) is 5.82 Å². The van der Waals surface area contributed by atoms with E-state index in [0.29, 0.717) is 11.7 Å². The number of amides is 1. The van der Waals surface area contributed by atoms with Crippen molar-refractivity contribution in [3.63, 3.8) is 0 Å². The summed E-state index contributed by atoms with van der Waals surface area (Å²) in [6.07, 6.45) is 2.36. The number of nitrogens with one attached hydrogen (secondary N) is 1. The summed E-state index contributed by atoms with van der Waals surface area (Å²) < 4.78 is 2.13. The zero-order valence-electron chi connectivity index (χ0n) is 14.5. The third-order valence-electron chi connectivity index (χ3n) is 4.91. The van der Waals surface area contributed by atoms with Crippen LogP contribution in [-0.4, -0.2) is 64.6 Å². The average molecular weight is 358 g/mol. The lowest BCUT2D eigenvalue weighted by molar-refractivity contribution is -0.883. The molecule has 0 atom stereocenters. The van der Waals surface area contributed by atoms with Crippen molar-refractivity contribution >= 4 is 17.7 Å². The van der Waals surface area contributed by atoms with Crippen LogP contribution in [0.15, 0.2) is 35.5 Å². The molecular weight excluding hydrogens is 334 g/mol. The van der Waals surface area contributed by atoms with Crippen LogP contribution in [0.2, 0.25) is 0 Å². The number of para-hydroxylation sites is 1. The van der Waals surface area contributed by atoms with Gasteiger partial charge in [0.15, 0.2) is 5.16 Å². The average Bonchev–Trinajstić information content (AvgIpc) is 3.40. The van der Waals surface area contributed by atoms with Gasteiger partial charge in [-0.25, -0.2) is 0 Å². The fourth-order valence-electron chi connectivity index (χ4n) is 3.16. The van der Waals surface area contributed by atoms with Gasteiger partial charge in [0.05, 0.1) is 39.0 Å². The Bertz CT molecular complexity index is 735. The smallest absolute Gasteiger partial charge is 0.233 e. The molecule has 25 heavy (non-hydrogen) atoms. The molecule has 1 N–H and O–H groups in total. The monoisotopic (exact) mass is 358 g/mol. The molecule has 4 rings (SSSR count). The summed E-state index contributed by atoms with van der Waals surface area (Å²) in [5.74, 6) is 2.17. The number of aromatic nitrogens is 3. The number of benzene rings is 1. The topological polar surface area (TPSA) is 55.5 Å². The van der Waals surface area contributed by atoms with Gasteiger partial charge in [0, 0.05) is 11.6 Å². The lowest BCUT2D eigenvalue weighted by atomic mass is 10.3. The highest BCUT2D eigenvalue weighted by Crippen LogP contribution is 2.41. The van der Waals surface area contributed by atoms with E-state index < -0.39 is 0 Å². The lowest BCUT2D eigenvalue weighted by Crippen LogP contribution is -3.12. The number of thioether (sulfide) groups is 1. The normalized spacial score (nSPS) is 18.5. The minimum absolute atomic E-state index is 0.202. The Kier molecular flexibility index (Phi) is 4.76. The van der Waals surface area contributed by atoms with Crippen molar-refractivity contribution in [1.29, 1.82) is 0 Å². The van der Waals surface area contributed by atoms with E-state index in [4.69, 9.17) is 0 Å². The number of likely N-dealkylation sites (N-methyl/N-ethyl adjacent to an activating group) is 1. The molecule has 0 bridgehead atoms. The van der Waals surface area contributed by atoms with Crippen LogP contribution in [0.1, 0.15) is 24.6 Å². The van der Waals surface area contributed by atoms with Crippen molar-refractivity contribution in [2.24, 2.45) is 0 Å². The van der Waals surface area contributed by atoms with E-state index in [1.807, 2.05) is 23.1 Å². The minimum Gasteiger partial charge on any atom is -0.334 e. The number of quaternary nitrogens is 1. The molecule has 1 aromatic carbocycles. The van der Waals surface area contributed by atoms with E-state index in [0.717, 1.165) is 42.8 Å². The molecule has 7 heteroatoms. The molecule has 1 saturated carbocycles. The number of hydrogen-bond acceptors (Lipinski definition) is 4. The molecule has 1 aromatic heterocycles. The zero-order chi connectivity index (χ0) is 17.2. The molecule has 0 spiro atoms. The molecule has 132 valence electrons. The van der Waals surface area contributed by atoms with Crippen molar-refractivity contribution in [3.8, 4) is 5.69 Å². The van der Waals surface area contributed by atoms with Crippen molar-refractivity contribution in [2.75, 3.05) is 39.0 Å². The first-order chi connectivity index (χ1) is 12.2. The van der Waals surface area contributed by atoms with E-state index in [1.165, 1.54) is 29.5 Å². The molecule has 2 aromatic rings. The molecule has 1 aliphatic carbocycles. The predicted octanol–water partition coefficient (Wildman–Crippen LogP) is 0.594. The van der Waals surface area contributed by atoms with Crippen LogP contribution >= 0.6 is 11.8 Å². The molecule has 1 saturated heterocycles. The van der Waals surface area contributed by atoms with E-state index >= 15 is 0 Å². The van der Waals surface area contributed by atoms with Gasteiger partial charge in [-0.2, -0.15) is 0 Å². The maximum atomic E-state index is 12.5. The number of hydrogen-bond donors (Lipinski definition) is 1. The van der Waals surface area contributed by atoms with Crippen LogP contribution in [0.3, 0.4) is 0 Å². The van der Waals surface area contributed by atoms with Gasteiger partial charge >= 0.3 is 0 Å². The van der Waals surface area contributed by atoms with Crippen LogP contribution in [-0.2, 0) is 4.79 Å². The van der Waals surface area contributed by atoms with Crippen LogP contribution in [0.25, 0.3) is 5.69 Å². The van der Waals surface area contributed by atoms with Crippen molar-refractivity contribution in [3.05, 3.63) is 36.2 Å². The van der Waals surface area contributed by atoms with Gasteiger partial charge in [-0.05, 0) is 25.0 Å². The summed E-state index contributed by atoms with van der Waals surface area (Å²) in [4.78, 5) is 16.0. The molecule has 1 aliphatic heterocycles. The second-order valence-electron chi connectivity index (χ2n) is 6.91. The molecule has 2 fully saturated rings. The van der Waals surface area contributed by atoms with Crippen molar-refractivity contribution < 1.29 is 9.69 Å². The Morgan fingerprint density at radius 1 is 1.20 bits per heavy atom. The SMILES string of the molecule is C[NH+]1CCN(C(=O)CSc2nnc(C3CC3)n2-c2ccccc2)CC1. The highest BCUT2D eigenvalue weighted by Gasteiger charge is 2.31. The van der Waals surface area contributed by atoms with E-state index in [2.05, 4.69) is 33.9 Å². The van der Waals surface area contributed by atoms with Gasteiger partial charge in [-0.1, -0.05) is 30.0 Å². The van der Waals surface area contributed by atoms with Gasteiger partial charge in [-0.15, -0.1) is 10.2 Å². The summed E-state index contributed by atoms with van der Waals surface area (Å²) in [5.41, 5.74) is 1.08. The molecule has 1 amide bonds. The van der Waals surface area contributed by atoms with E-state index in [1.54, 1.807) is 0 Å². The summed E-state index contributed by atoms with van der Waals surface area (Å²) >= 11 is 1.50. The highest BCUT2D eigenvalue weighted by atomic mass is 32.2. The third kappa shape index (κ3) is 3.72. The quantitative estimate of drug-likeness (QED) is 0.795. The third-order valence-corrected chi connectivity index (χ3v) is 5.82. The van der Waals surface area contributed by atoms with Crippen LogP contribution in [0.4, 0.5) is 0 Å². The molecule has 0 radical (unpaired) electrons.